The highest BCUT2D eigenvalue weighted by Crippen LogP contribution is 2.13. The molecule has 0 unspecified atom stereocenters. The predicted molar refractivity (Wildman–Crippen MR) is 80.0 cm³/mol. The van der Waals surface area contributed by atoms with Crippen LogP contribution in [0.2, 0.25) is 0 Å². The van der Waals surface area contributed by atoms with E-state index in [4.69, 9.17) is 4.74 Å². The third-order valence-electron chi connectivity index (χ3n) is 2.66. The number of benzene rings is 2. The van der Waals surface area contributed by atoms with Crippen LogP contribution in [0.3, 0.4) is 0 Å². The molecule has 102 valence electrons. The summed E-state index contributed by atoms with van der Waals surface area (Å²) in [6.45, 7) is 3.29. The van der Waals surface area contributed by atoms with Crippen LogP contribution >= 0.6 is 0 Å². The molecular formula is C16H16N2O2. The van der Waals surface area contributed by atoms with Crippen LogP contribution in [0.1, 0.15) is 19.4 Å². The van der Waals surface area contributed by atoms with Crippen LogP contribution in [0.15, 0.2) is 59.7 Å². The summed E-state index contributed by atoms with van der Waals surface area (Å²) in [7, 11) is 0. The maximum Gasteiger partial charge on any atom is 0.308 e. The summed E-state index contributed by atoms with van der Waals surface area (Å²) in [5.74, 6) is 0.207. The molecule has 0 aromatic heterocycles. The smallest absolute Gasteiger partial charge is 0.308 e. The number of carbonyl (C=O) groups excluding carboxylic acids is 1. The molecule has 0 amide bonds. The maximum absolute atomic E-state index is 10.8. The zero-order chi connectivity index (χ0) is 14.4. The van der Waals surface area contributed by atoms with E-state index in [1.54, 1.807) is 12.1 Å². The third-order valence-corrected chi connectivity index (χ3v) is 2.66. The topological polar surface area (TPSA) is 50.7 Å². The highest BCUT2D eigenvalue weighted by atomic mass is 16.5. The van der Waals surface area contributed by atoms with Gasteiger partial charge in [0, 0.05) is 6.92 Å². The number of nitrogens with one attached hydrogen (secondary N) is 1. The lowest BCUT2D eigenvalue weighted by Crippen LogP contribution is -2.02. The summed E-state index contributed by atoms with van der Waals surface area (Å²) in [5, 5.41) is 4.31. The lowest BCUT2D eigenvalue weighted by Gasteiger charge is -2.05. The minimum atomic E-state index is -0.325. The molecule has 0 saturated carbocycles. The van der Waals surface area contributed by atoms with E-state index in [1.165, 1.54) is 6.92 Å². The van der Waals surface area contributed by atoms with Gasteiger partial charge in [-0.05, 0) is 48.9 Å². The number of hydrogen-bond donors (Lipinski definition) is 1. The quantitative estimate of drug-likeness (QED) is 0.400. The van der Waals surface area contributed by atoms with Gasteiger partial charge in [-0.2, -0.15) is 5.10 Å². The Morgan fingerprint density at radius 3 is 2.25 bits per heavy atom. The van der Waals surface area contributed by atoms with Gasteiger partial charge in [-0.15, -0.1) is 0 Å². The summed E-state index contributed by atoms with van der Waals surface area (Å²) < 4.78 is 4.98. The second-order valence-corrected chi connectivity index (χ2v) is 4.29. The number of para-hydroxylation sites is 1. The Bertz CT molecular complexity index is 604. The number of anilines is 1. The fourth-order valence-corrected chi connectivity index (χ4v) is 1.66. The van der Waals surface area contributed by atoms with Crippen LogP contribution in [0, 0.1) is 0 Å². The summed E-state index contributed by atoms with van der Waals surface area (Å²) in [6.07, 6.45) is 0. The van der Waals surface area contributed by atoms with E-state index in [2.05, 4.69) is 10.5 Å². The van der Waals surface area contributed by atoms with Crippen molar-refractivity contribution in [1.82, 2.24) is 0 Å². The zero-order valence-corrected chi connectivity index (χ0v) is 11.5. The molecule has 4 heteroatoms. The van der Waals surface area contributed by atoms with Gasteiger partial charge in [0.1, 0.15) is 5.75 Å². The van der Waals surface area contributed by atoms with E-state index in [1.807, 2.05) is 49.4 Å². The summed E-state index contributed by atoms with van der Waals surface area (Å²) in [6, 6.07) is 17.0. The largest absolute Gasteiger partial charge is 0.427 e. The Balaban J connectivity index is 2.05. The van der Waals surface area contributed by atoms with E-state index in [-0.39, 0.29) is 5.97 Å². The van der Waals surface area contributed by atoms with Gasteiger partial charge in [-0.1, -0.05) is 18.2 Å². The lowest BCUT2D eigenvalue weighted by atomic mass is 10.1. The average Bonchev–Trinajstić information content (AvgIpc) is 2.46. The number of ether oxygens (including phenoxy) is 1. The van der Waals surface area contributed by atoms with Crippen LogP contribution in [0.4, 0.5) is 5.69 Å². The Morgan fingerprint density at radius 2 is 1.65 bits per heavy atom. The van der Waals surface area contributed by atoms with Gasteiger partial charge < -0.3 is 4.74 Å². The van der Waals surface area contributed by atoms with Gasteiger partial charge in [0.05, 0.1) is 11.4 Å². The van der Waals surface area contributed by atoms with E-state index < -0.39 is 0 Å². The minimum absolute atomic E-state index is 0.325. The Kier molecular flexibility index (Phi) is 4.50. The fraction of sp³-hybridized carbons (Fsp3) is 0.125. The number of hydrogen-bond acceptors (Lipinski definition) is 4. The monoisotopic (exact) mass is 268 g/mol. The second kappa shape index (κ2) is 6.52. The van der Waals surface area contributed by atoms with Crippen molar-refractivity contribution in [1.29, 1.82) is 0 Å². The molecule has 4 nitrogen and oxygen atoms in total. The minimum Gasteiger partial charge on any atom is -0.427 e. The van der Waals surface area contributed by atoms with Crippen molar-refractivity contribution in [2.24, 2.45) is 5.10 Å². The Labute approximate surface area is 118 Å². The van der Waals surface area contributed by atoms with Crippen molar-refractivity contribution in [3.63, 3.8) is 0 Å². The average molecular weight is 268 g/mol. The number of carbonyl (C=O) groups is 1. The fourth-order valence-electron chi connectivity index (χ4n) is 1.66. The number of hydrazone groups is 1. The molecular weight excluding hydrogens is 252 g/mol. The number of esters is 1. The van der Waals surface area contributed by atoms with Gasteiger partial charge in [-0.25, -0.2) is 0 Å². The van der Waals surface area contributed by atoms with Crippen molar-refractivity contribution < 1.29 is 9.53 Å². The van der Waals surface area contributed by atoms with Crippen molar-refractivity contribution in [3.8, 4) is 5.75 Å². The second-order valence-electron chi connectivity index (χ2n) is 4.29. The van der Waals surface area contributed by atoms with E-state index >= 15 is 0 Å². The van der Waals surface area contributed by atoms with Crippen molar-refractivity contribution in [3.05, 3.63) is 60.2 Å². The van der Waals surface area contributed by atoms with Gasteiger partial charge in [0.2, 0.25) is 0 Å². The molecule has 0 aliphatic carbocycles. The van der Waals surface area contributed by atoms with Crippen LogP contribution in [0.5, 0.6) is 5.75 Å². The standard InChI is InChI=1S/C16H16N2O2/c1-12(17-18-15-6-4-3-5-7-15)14-8-10-16(11-9-14)20-13(2)19/h3-11,18H,1-2H3. The molecule has 0 fully saturated rings. The molecule has 0 saturated heterocycles. The molecule has 2 aromatic carbocycles. The summed E-state index contributed by atoms with van der Waals surface area (Å²) in [5.41, 5.74) is 5.74. The summed E-state index contributed by atoms with van der Waals surface area (Å²) >= 11 is 0. The molecule has 20 heavy (non-hydrogen) atoms. The zero-order valence-electron chi connectivity index (χ0n) is 11.5. The van der Waals surface area contributed by atoms with Crippen LogP contribution in [-0.2, 0) is 4.79 Å². The molecule has 2 aromatic rings. The number of nitrogens with zero attached hydrogens (tertiary/aromatic N) is 1. The molecule has 0 radical (unpaired) electrons. The summed E-state index contributed by atoms with van der Waals surface area (Å²) in [4.78, 5) is 10.8. The highest BCUT2D eigenvalue weighted by molar-refractivity contribution is 5.99. The highest BCUT2D eigenvalue weighted by Gasteiger charge is 2.00. The third kappa shape index (κ3) is 3.95. The predicted octanol–water partition coefficient (Wildman–Crippen LogP) is 3.45. The first kappa shape index (κ1) is 13.8. The van der Waals surface area contributed by atoms with Gasteiger partial charge in [0.25, 0.3) is 0 Å². The molecule has 0 bridgehead atoms. The van der Waals surface area contributed by atoms with Crippen LogP contribution in [0.25, 0.3) is 0 Å². The maximum atomic E-state index is 10.8. The number of rotatable bonds is 4. The van der Waals surface area contributed by atoms with Gasteiger partial charge in [-0.3, -0.25) is 10.2 Å². The molecule has 1 N–H and O–H groups in total. The molecule has 2 rings (SSSR count). The molecule has 0 heterocycles. The Morgan fingerprint density at radius 1 is 1.00 bits per heavy atom. The normalized spacial score (nSPS) is 11.0. The molecule has 0 aliphatic rings. The molecule has 0 spiro atoms. The van der Waals surface area contributed by atoms with Gasteiger partial charge in [0.15, 0.2) is 0 Å². The van der Waals surface area contributed by atoms with Crippen molar-refractivity contribution in [2.75, 3.05) is 5.43 Å². The van der Waals surface area contributed by atoms with Crippen LogP contribution in [-0.4, -0.2) is 11.7 Å². The van der Waals surface area contributed by atoms with E-state index in [0.29, 0.717) is 5.75 Å². The van der Waals surface area contributed by atoms with E-state index in [9.17, 15) is 4.79 Å². The first-order chi connectivity index (χ1) is 9.65. The van der Waals surface area contributed by atoms with Crippen molar-refractivity contribution in [2.45, 2.75) is 13.8 Å². The van der Waals surface area contributed by atoms with Crippen LogP contribution < -0.4 is 10.2 Å². The SMILES string of the molecule is CC(=O)Oc1ccc(C(C)=NNc2ccccc2)cc1. The van der Waals surface area contributed by atoms with Crippen molar-refractivity contribution >= 4 is 17.4 Å². The molecule has 0 aliphatic heterocycles. The lowest BCUT2D eigenvalue weighted by molar-refractivity contribution is -0.131. The molecule has 0 atom stereocenters. The first-order valence-corrected chi connectivity index (χ1v) is 6.29. The Hall–Kier alpha value is -2.62. The van der Waals surface area contributed by atoms with Gasteiger partial charge >= 0.3 is 5.97 Å². The van der Waals surface area contributed by atoms with E-state index in [0.717, 1.165) is 17.0 Å². The first-order valence-electron chi connectivity index (χ1n) is 6.29.